The standard InChI is InChI=1S/C11H7BrN4S2/c12-6-1-2-8(14-5-6)18-10-7-3-4-17-9(7)15-11(13)16-10/h1-5H,(H2,13,15,16). The average Bonchev–Trinajstić information content (AvgIpc) is 2.80. The summed E-state index contributed by atoms with van der Waals surface area (Å²) in [5.74, 6) is 0.296. The maximum absolute atomic E-state index is 5.70. The number of fused-ring (bicyclic) bond motifs is 1. The Hall–Kier alpha value is -1.18. The van der Waals surface area contributed by atoms with Crippen LogP contribution in [0.25, 0.3) is 10.2 Å². The zero-order valence-corrected chi connectivity index (χ0v) is 12.2. The number of hydrogen-bond donors (Lipinski definition) is 1. The molecule has 2 N–H and O–H groups in total. The fraction of sp³-hybridized carbons (Fsp3) is 0. The fourth-order valence-corrected chi connectivity index (χ4v) is 3.37. The molecule has 90 valence electrons. The van der Waals surface area contributed by atoms with Crippen molar-refractivity contribution in [2.75, 3.05) is 5.73 Å². The Balaban J connectivity index is 2.03. The zero-order valence-electron chi connectivity index (χ0n) is 9.00. The van der Waals surface area contributed by atoms with Gasteiger partial charge < -0.3 is 5.73 Å². The molecule has 0 radical (unpaired) electrons. The number of thiophene rings is 1. The van der Waals surface area contributed by atoms with E-state index >= 15 is 0 Å². The maximum Gasteiger partial charge on any atom is 0.222 e. The van der Waals surface area contributed by atoms with Gasteiger partial charge in [0.2, 0.25) is 5.95 Å². The summed E-state index contributed by atoms with van der Waals surface area (Å²) in [5.41, 5.74) is 5.70. The van der Waals surface area contributed by atoms with Gasteiger partial charge in [0.25, 0.3) is 0 Å². The molecule has 0 aromatic carbocycles. The van der Waals surface area contributed by atoms with Crippen LogP contribution in [0.1, 0.15) is 0 Å². The third-order valence-electron chi connectivity index (χ3n) is 2.21. The molecule has 18 heavy (non-hydrogen) atoms. The number of nitrogen functional groups attached to an aromatic ring is 1. The number of nitrogens with zero attached hydrogens (tertiary/aromatic N) is 3. The molecule has 3 heterocycles. The van der Waals surface area contributed by atoms with Crippen LogP contribution < -0.4 is 5.73 Å². The Kier molecular flexibility index (Phi) is 3.19. The first-order chi connectivity index (χ1) is 8.72. The molecule has 0 bridgehead atoms. The molecule has 0 fully saturated rings. The van der Waals surface area contributed by atoms with Gasteiger partial charge in [-0.05, 0) is 51.3 Å². The first-order valence-electron chi connectivity index (χ1n) is 5.02. The van der Waals surface area contributed by atoms with Gasteiger partial charge in [0.05, 0.1) is 0 Å². The summed E-state index contributed by atoms with van der Waals surface area (Å²) >= 11 is 6.40. The third-order valence-corrected chi connectivity index (χ3v) is 4.44. The minimum Gasteiger partial charge on any atom is -0.368 e. The number of halogens is 1. The van der Waals surface area contributed by atoms with E-state index in [1.165, 1.54) is 11.8 Å². The van der Waals surface area contributed by atoms with Crippen molar-refractivity contribution >= 4 is 55.2 Å². The summed E-state index contributed by atoms with van der Waals surface area (Å²) in [6, 6.07) is 5.89. The van der Waals surface area contributed by atoms with Crippen molar-refractivity contribution in [3.05, 3.63) is 34.2 Å². The van der Waals surface area contributed by atoms with E-state index in [1.54, 1.807) is 17.5 Å². The molecule has 3 aromatic heterocycles. The highest BCUT2D eigenvalue weighted by atomic mass is 79.9. The Labute approximate surface area is 120 Å². The van der Waals surface area contributed by atoms with Crippen LogP contribution in [-0.4, -0.2) is 15.0 Å². The summed E-state index contributed by atoms with van der Waals surface area (Å²) in [6.45, 7) is 0. The van der Waals surface area contributed by atoms with E-state index < -0.39 is 0 Å². The average molecular weight is 339 g/mol. The number of anilines is 1. The Morgan fingerprint density at radius 2 is 2.11 bits per heavy atom. The molecule has 0 aliphatic rings. The fourth-order valence-electron chi connectivity index (χ4n) is 1.44. The summed E-state index contributed by atoms with van der Waals surface area (Å²) in [6.07, 6.45) is 1.76. The second-order valence-corrected chi connectivity index (χ2v) is 6.26. The molecule has 7 heteroatoms. The monoisotopic (exact) mass is 338 g/mol. The van der Waals surface area contributed by atoms with Gasteiger partial charge in [-0.25, -0.2) is 15.0 Å². The van der Waals surface area contributed by atoms with E-state index in [4.69, 9.17) is 5.73 Å². The van der Waals surface area contributed by atoms with Crippen molar-refractivity contribution in [3.8, 4) is 0 Å². The first-order valence-corrected chi connectivity index (χ1v) is 7.51. The van der Waals surface area contributed by atoms with Crippen LogP contribution in [0.4, 0.5) is 5.95 Å². The molecule has 0 amide bonds. The Morgan fingerprint density at radius 1 is 1.22 bits per heavy atom. The highest BCUT2D eigenvalue weighted by Crippen LogP contribution is 2.33. The number of pyridine rings is 1. The lowest BCUT2D eigenvalue weighted by Gasteiger charge is -2.02. The van der Waals surface area contributed by atoms with Gasteiger partial charge in [-0.15, -0.1) is 11.3 Å². The minimum atomic E-state index is 0.296. The summed E-state index contributed by atoms with van der Waals surface area (Å²) < 4.78 is 0.953. The molecule has 0 aliphatic carbocycles. The van der Waals surface area contributed by atoms with Gasteiger partial charge in [-0.2, -0.15) is 0 Å². The van der Waals surface area contributed by atoms with Gasteiger partial charge in [-0.3, -0.25) is 0 Å². The molecule has 0 saturated carbocycles. The van der Waals surface area contributed by atoms with E-state index in [1.807, 2.05) is 23.6 Å². The van der Waals surface area contributed by atoms with Crippen LogP contribution in [0.3, 0.4) is 0 Å². The van der Waals surface area contributed by atoms with E-state index in [-0.39, 0.29) is 0 Å². The number of rotatable bonds is 2. The van der Waals surface area contributed by atoms with Crippen LogP contribution in [0.5, 0.6) is 0 Å². The topological polar surface area (TPSA) is 64.7 Å². The van der Waals surface area contributed by atoms with Gasteiger partial charge in [0.15, 0.2) is 0 Å². The van der Waals surface area contributed by atoms with Crippen molar-refractivity contribution in [2.24, 2.45) is 0 Å². The van der Waals surface area contributed by atoms with Crippen LogP contribution in [0.15, 0.2) is 44.3 Å². The largest absolute Gasteiger partial charge is 0.368 e. The first kappa shape index (κ1) is 11.9. The van der Waals surface area contributed by atoms with Gasteiger partial charge in [0.1, 0.15) is 14.9 Å². The quantitative estimate of drug-likeness (QED) is 0.723. The molecule has 3 rings (SSSR count). The molecule has 0 saturated heterocycles. The van der Waals surface area contributed by atoms with Crippen LogP contribution in [0, 0.1) is 0 Å². The van der Waals surface area contributed by atoms with Crippen LogP contribution in [-0.2, 0) is 0 Å². The molecule has 0 aliphatic heterocycles. The molecule has 3 aromatic rings. The number of aromatic nitrogens is 3. The minimum absolute atomic E-state index is 0.296. The van der Waals surface area contributed by atoms with Crippen LogP contribution >= 0.6 is 39.0 Å². The zero-order chi connectivity index (χ0) is 12.5. The molecule has 0 unspecified atom stereocenters. The lowest BCUT2D eigenvalue weighted by Crippen LogP contribution is -1.95. The summed E-state index contributed by atoms with van der Waals surface area (Å²) in [7, 11) is 0. The van der Waals surface area contributed by atoms with Crippen LogP contribution in [0.2, 0.25) is 0 Å². The summed E-state index contributed by atoms with van der Waals surface area (Å²) in [4.78, 5) is 13.7. The normalized spacial score (nSPS) is 10.9. The van der Waals surface area contributed by atoms with Gasteiger partial charge >= 0.3 is 0 Å². The highest BCUT2D eigenvalue weighted by Gasteiger charge is 2.09. The highest BCUT2D eigenvalue weighted by molar-refractivity contribution is 9.10. The maximum atomic E-state index is 5.70. The second-order valence-electron chi connectivity index (χ2n) is 3.44. The second kappa shape index (κ2) is 4.83. The molecule has 0 atom stereocenters. The third kappa shape index (κ3) is 2.33. The predicted octanol–water partition coefficient (Wildman–Crippen LogP) is 3.58. The van der Waals surface area contributed by atoms with Crippen molar-refractivity contribution in [1.82, 2.24) is 15.0 Å². The van der Waals surface area contributed by atoms with E-state index in [0.717, 1.165) is 24.7 Å². The van der Waals surface area contributed by atoms with Gasteiger partial charge in [-0.1, -0.05) is 0 Å². The summed E-state index contributed by atoms with van der Waals surface area (Å²) in [5, 5.41) is 4.72. The molecule has 4 nitrogen and oxygen atoms in total. The molecule has 0 spiro atoms. The van der Waals surface area contributed by atoms with Crippen molar-refractivity contribution in [3.63, 3.8) is 0 Å². The SMILES string of the molecule is Nc1nc(Sc2ccc(Br)cn2)c2ccsc2n1. The molecular formula is C11H7BrN4S2. The van der Waals surface area contributed by atoms with Gasteiger partial charge in [0, 0.05) is 16.1 Å². The lowest BCUT2D eigenvalue weighted by molar-refractivity contribution is 1.09. The number of nitrogens with two attached hydrogens (primary N) is 1. The Bertz CT molecular complexity index is 696. The predicted molar refractivity (Wildman–Crippen MR) is 77.9 cm³/mol. The Morgan fingerprint density at radius 3 is 2.89 bits per heavy atom. The van der Waals surface area contributed by atoms with Crippen molar-refractivity contribution in [2.45, 2.75) is 10.1 Å². The molecular weight excluding hydrogens is 332 g/mol. The van der Waals surface area contributed by atoms with Crippen molar-refractivity contribution < 1.29 is 0 Å². The number of hydrogen-bond acceptors (Lipinski definition) is 6. The van der Waals surface area contributed by atoms with E-state index in [9.17, 15) is 0 Å². The smallest absolute Gasteiger partial charge is 0.222 e. The lowest BCUT2D eigenvalue weighted by atomic mass is 10.4. The van der Waals surface area contributed by atoms with Crippen molar-refractivity contribution in [1.29, 1.82) is 0 Å². The van der Waals surface area contributed by atoms with E-state index in [0.29, 0.717) is 5.95 Å². The van der Waals surface area contributed by atoms with E-state index in [2.05, 4.69) is 30.9 Å².